The van der Waals surface area contributed by atoms with Crippen LogP contribution in [0.15, 0.2) is 61.4 Å². The molecule has 0 aliphatic heterocycles. The van der Waals surface area contributed by atoms with E-state index in [9.17, 15) is 8.78 Å². The lowest BCUT2D eigenvalue weighted by Crippen LogP contribution is -2.06. The second kappa shape index (κ2) is 9.62. The first-order valence-corrected chi connectivity index (χ1v) is 12.5. The molecular formula is C27H24F2N6OS. The molecule has 5 aromatic rings. The molecule has 0 fully saturated rings. The van der Waals surface area contributed by atoms with Crippen molar-refractivity contribution < 1.29 is 13.5 Å². The Morgan fingerprint density at radius 1 is 1.14 bits per heavy atom. The van der Waals surface area contributed by atoms with Gasteiger partial charge in [0.1, 0.15) is 5.82 Å². The van der Waals surface area contributed by atoms with Crippen molar-refractivity contribution in [2.75, 3.05) is 16.7 Å². The third kappa shape index (κ3) is 4.51. The highest BCUT2D eigenvalue weighted by molar-refractivity contribution is 7.99. The number of pyridine rings is 1. The maximum atomic E-state index is 14.0. The maximum Gasteiger partial charge on any atom is 0.219 e. The zero-order chi connectivity index (χ0) is 26.3. The summed E-state index contributed by atoms with van der Waals surface area (Å²) in [5.74, 6) is -1.81. The third-order valence-corrected chi connectivity index (χ3v) is 6.48. The molecule has 0 spiro atoms. The third-order valence-electron chi connectivity index (χ3n) is 6.05. The zero-order valence-corrected chi connectivity index (χ0v) is 21.2. The maximum absolute atomic E-state index is 14.0. The predicted octanol–water partition coefficient (Wildman–Crippen LogP) is 6.77. The smallest absolute Gasteiger partial charge is 0.219 e. The lowest BCUT2D eigenvalue weighted by atomic mass is 10.1. The van der Waals surface area contributed by atoms with Crippen LogP contribution in [0.4, 0.5) is 20.3 Å². The number of ether oxygens (including phenoxy) is 1. The predicted molar refractivity (Wildman–Crippen MR) is 145 cm³/mol. The number of nitrogens with one attached hydrogen (secondary N) is 2. The van der Waals surface area contributed by atoms with E-state index in [0.717, 1.165) is 39.5 Å². The molecule has 0 atom stereocenters. The Morgan fingerprint density at radius 3 is 2.70 bits per heavy atom. The molecule has 0 aliphatic carbocycles. The second-order valence-electron chi connectivity index (χ2n) is 8.54. The van der Waals surface area contributed by atoms with E-state index in [-0.39, 0.29) is 11.6 Å². The minimum Gasteiger partial charge on any atom is -0.436 e. The second-order valence-corrected chi connectivity index (χ2v) is 9.15. The van der Waals surface area contributed by atoms with E-state index in [1.165, 1.54) is 30.3 Å². The lowest BCUT2D eigenvalue weighted by molar-refractivity contribution is 0.405. The van der Waals surface area contributed by atoms with Gasteiger partial charge in [0, 0.05) is 45.7 Å². The minimum atomic E-state index is -1.07. The van der Waals surface area contributed by atoms with Gasteiger partial charge in [0.2, 0.25) is 11.7 Å². The van der Waals surface area contributed by atoms with Crippen molar-refractivity contribution in [3.05, 3.63) is 95.5 Å². The van der Waals surface area contributed by atoms with Crippen molar-refractivity contribution in [1.29, 1.82) is 0 Å². The Morgan fingerprint density at radius 2 is 1.95 bits per heavy atom. The number of rotatable bonds is 7. The average molecular weight is 519 g/mol. The van der Waals surface area contributed by atoms with Crippen LogP contribution in [0.1, 0.15) is 22.4 Å². The number of nitrogen functional groups attached to an aromatic ring is 1. The summed E-state index contributed by atoms with van der Waals surface area (Å²) in [6.07, 6.45) is 5.15. The summed E-state index contributed by atoms with van der Waals surface area (Å²) in [7, 11) is 0. The highest BCUT2D eigenvalue weighted by Crippen LogP contribution is 2.33. The Kier molecular flexibility index (Phi) is 6.34. The summed E-state index contributed by atoms with van der Waals surface area (Å²) in [5.41, 5.74) is 13.2. The van der Waals surface area contributed by atoms with Crippen LogP contribution in [0.25, 0.3) is 22.2 Å². The van der Waals surface area contributed by atoms with E-state index < -0.39 is 11.6 Å². The fraction of sp³-hybridized carbons (Fsp3) is 0.111. The number of aryl methyl sites for hydroxylation is 2. The molecule has 4 N–H and O–H groups in total. The van der Waals surface area contributed by atoms with Crippen LogP contribution >= 0.6 is 11.9 Å². The van der Waals surface area contributed by atoms with Gasteiger partial charge in [-0.1, -0.05) is 24.6 Å². The number of H-pyrrole nitrogens is 1. The number of aromatic amines is 1. The molecule has 0 amide bonds. The summed E-state index contributed by atoms with van der Waals surface area (Å²) in [6.45, 7) is 8.13. The summed E-state index contributed by atoms with van der Waals surface area (Å²) in [4.78, 5) is 7.65. The van der Waals surface area contributed by atoms with Crippen molar-refractivity contribution in [3.63, 3.8) is 0 Å². The van der Waals surface area contributed by atoms with Gasteiger partial charge in [0.05, 0.1) is 18.1 Å². The number of hydrogen-bond acceptors (Lipinski definition) is 6. The van der Waals surface area contributed by atoms with Crippen LogP contribution < -0.4 is 15.2 Å². The number of halogens is 2. The van der Waals surface area contributed by atoms with E-state index in [0.29, 0.717) is 22.6 Å². The number of anilines is 2. The molecule has 5 rings (SSSR count). The quantitative estimate of drug-likeness (QED) is 0.206. The molecule has 2 aromatic carbocycles. The Hall–Kier alpha value is -4.31. The summed E-state index contributed by atoms with van der Waals surface area (Å²) in [5, 5.41) is 5.52. The molecule has 0 radical (unpaired) electrons. The first kappa shape index (κ1) is 24.4. The minimum absolute atomic E-state index is 0.116. The van der Waals surface area contributed by atoms with Gasteiger partial charge in [0.15, 0.2) is 11.6 Å². The summed E-state index contributed by atoms with van der Waals surface area (Å²) < 4.78 is 37.8. The molecule has 7 nitrogen and oxygen atoms in total. The highest BCUT2D eigenvalue weighted by atomic mass is 32.2. The number of nitrogens with two attached hydrogens (primary N) is 1. The first-order chi connectivity index (χ1) is 17.8. The van der Waals surface area contributed by atoms with Crippen molar-refractivity contribution >= 4 is 39.9 Å². The molecule has 0 saturated heterocycles. The topological polar surface area (TPSA) is 93.8 Å². The van der Waals surface area contributed by atoms with E-state index in [1.807, 2.05) is 19.2 Å². The number of hydrogen-bond donors (Lipinski definition) is 3. The molecular weight excluding hydrogens is 494 g/mol. The molecule has 37 heavy (non-hydrogen) atoms. The standard InChI is InChI=1S/C27H24F2N6OS/c1-14-8-17-10-21(33-22(17)11-20(14)34-37-4)16(3)18-12-32-35(27(18)30)23-13-31-25(9-15(23)2)36-24-7-5-6-19(28)26(24)29/h5-13,33-34H,3,30H2,1-2,4H3. The molecule has 10 heteroatoms. The largest absolute Gasteiger partial charge is 0.436 e. The van der Waals surface area contributed by atoms with Crippen molar-refractivity contribution in [3.8, 4) is 17.3 Å². The van der Waals surface area contributed by atoms with Gasteiger partial charge < -0.3 is 20.2 Å². The normalized spacial score (nSPS) is 11.2. The first-order valence-electron chi connectivity index (χ1n) is 11.3. The monoisotopic (exact) mass is 518 g/mol. The number of benzene rings is 2. The van der Waals surface area contributed by atoms with Gasteiger partial charge in [-0.3, -0.25) is 0 Å². The fourth-order valence-electron chi connectivity index (χ4n) is 4.08. The average Bonchev–Trinajstić information content (AvgIpc) is 3.45. The van der Waals surface area contributed by atoms with Crippen LogP contribution in [0.2, 0.25) is 0 Å². The van der Waals surface area contributed by atoms with Gasteiger partial charge in [-0.2, -0.15) is 9.49 Å². The van der Waals surface area contributed by atoms with Crippen LogP contribution in [-0.4, -0.2) is 26.0 Å². The van der Waals surface area contributed by atoms with E-state index in [4.69, 9.17) is 10.5 Å². The van der Waals surface area contributed by atoms with E-state index in [2.05, 4.69) is 45.4 Å². The van der Waals surface area contributed by atoms with Crippen LogP contribution in [0.3, 0.4) is 0 Å². The summed E-state index contributed by atoms with van der Waals surface area (Å²) in [6, 6.07) is 11.5. The van der Waals surface area contributed by atoms with Gasteiger partial charge in [-0.25, -0.2) is 14.1 Å². The molecule has 0 aliphatic rings. The van der Waals surface area contributed by atoms with Crippen LogP contribution in [0.5, 0.6) is 11.6 Å². The Bertz CT molecular complexity index is 1660. The van der Waals surface area contributed by atoms with Crippen LogP contribution in [-0.2, 0) is 0 Å². The van der Waals surface area contributed by atoms with Crippen molar-refractivity contribution in [2.24, 2.45) is 0 Å². The molecule has 0 bridgehead atoms. The molecule has 0 unspecified atom stereocenters. The van der Waals surface area contributed by atoms with Crippen molar-refractivity contribution in [1.82, 2.24) is 19.7 Å². The molecule has 3 aromatic heterocycles. The fourth-order valence-corrected chi connectivity index (χ4v) is 4.52. The molecule has 0 saturated carbocycles. The van der Waals surface area contributed by atoms with Gasteiger partial charge in [-0.15, -0.1) is 0 Å². The Balaban J connectivity index is 1.43. The SMILES string of the molecule is C=C(c1cc2cc(C)c(NSC)cc2[nH]1)c1cnn(-c2cnc(Oc3cccc(F)c3F)cc2C)c1N. The lowest BCUT2D eigenvalue weighted by Gasteiger charge is -2.11. The van der Waals surface area contributed by atoms with Crippen molar-refractivity contribution in [2.45, 2.75) is 13.8 Å². The van der Waals surface area contributed by atoms with Crippen LogP contribution in [0, 0.1) is 25.5 Å². The summed E-state index contributed by atoms with van der Waals surface area (Å²) >= 11 is 1.54. The number of aromatic nitrogens is 4. The van der Waals surface area contributed by atoms with Gasteiger partial charge in [0.25, 0.3) is 0 Å². The highest BCUT2D eigenvalue weighted by Gasteiger charge is 2.18. The van der Waals surface area contributed by atoms with Gasteiger partial charge in [-0.05, 0) is 55.3 Å². The van der Waals surface area contributed by atoms with E-state index in [1.54, 1.807) is 16.9 Å². The molecule has 188 valence electrons. The number of fused-ring (bicyclic) bond motifs is 1. The van der Waals surface area contributed by atoms with Gasteiger partial charge >= 0.3 is 0 Å². The molecule has 3 heterocycles. The number of nitrogens with zero attached hydrogens (tertiary/aromatic N) is 3. The zero-order valence-electron chi connectivity index (χ0n) is 20.4. The van der Waals surface area contributed by atoms with E-state index >= 15 is 0 Å². The Labute approximate surface area is 216 Å².